The highest BCUT2D eigenvalue weighted by molar-refractivity contribution is 5.82. The minimum atomic E-state index is -0.138. The normalized spacial score (nSPS) is 28.0. The molecule has 0 saturated carbocycles. The number of nitrogens with one attached hydrogen (secondary N) is 1. The Balaban J connectivity index is 1.93. The molecule has 3 atom stereocenters. The van der Waals surface area contributed by atoms with Gasteiger partial charge >= 0.3 is 0 Å². The van der Waals surface area contributed by atoms with Crippen molar-refractivity contribution < 1.29 is 14.4 Å². The van der Waals surface area contributed by atoms with E-state index < -0.39 is 0 Å². The summed E-state index contributed by atoms with van der Waals surface area (Å²) in [6, 6.07) is 5.92. The molecule has 21 heavy (non-hydrogen) atoms. The minimum absolute atomic E-state index is 0.0430. The zero-order valence-corrected chi connectivity index (χ0v) is 12.8. The Labute approximate surface area is 125 Å². The van der Waals surface area contributed by atoms with Crippen molar-refractivity contribution in [1.29, 1.82) is 0 Å². The predicted octanol–water partition coefficient (Wildman–Crippen LogP) is 2.17. The molecule has 1 N–H and O–H groups in total. The van der Waals surface area contributed by atoms with Crippen molar-refractivity contribution in [2.75, 3.05) is 7.11 Å². The fourth-order valence-corrected chi connectivity index (χ4v) is 3.27. The molecule has 5 nitrogen and oxygen atoms in total. The standard InChI is InChI=1S/C16H22N2O3/c1-4-5-14-16(19)18-15(10(2)17-14)13-7-6-12(20-3)8-11(13)9-21-18/h6-8,10,14-15,17H,4-5,9H2,1-3H3. The summed E-state index contributed by atoms with van der Waals surface area (Å²) in [5.41, 5.74) is 2.23. The van der Waals surface area contributed by atoms with E-state index >= 15 is 0 Å². The molecular formula is C16H22N2O3. The van der Waals surface area contributed by atoms with Crippen LogP contribution in [0.2, 0.25) is 0 Å². The predicted molar refractivity (Wildman–Crippen MR) is 78.7 cm³/mol. The fraction of sp³-hybridized carbons (Fsp3) is 0.562. The molecule has 1 amide bonds. The summed E-state index contributed by atoms with van der Waals surface area (Å²) in [5.74, 6) is 0.860. The third-order valence-corrected chi connectivity index (χ3v) is 4.31. The number of hydrogen-bond acceptors (Lipinski definition) is 4. The van der Waals surface area contributed by atoms with Gasteiger partial charge in [-0.05, 0) is 36.6 Å². The van der Waals surface area contributed by atoms with Crippen LogP contribution in [0.1, 0.15) is 43.9 Å². The van der Waals surface area contributed by atoms with Gasteiger partial charge in [0.05, 0.1) is 13.2 Å². The number of ether oxygens (including phenoxy) is 1. The van der Waals surface area contributed by atoms with Gasteiger partial charge in [0.15, 0.2) is 0 Å². The fourth-order valence-electron chi connectivity index (χ4n) is 3.27. The number of rotatable bonds is 3. The molecule has 3 rings (SSSR count). The summed E-state index contributed by atoms with van der Waals surface area (Å²) < 4.78 is 5.26. The highest BCUT2D eigenvalue weighted by Crippen LogP contribution is 2.37. The zero-order valence-electron chi connectivity index (χ0n) is 12.8. The van der Waals surface area contributed by atoms with E-state index in [1.807, 2.05) is 18.2 Å². The summed E-state index contributed by atoms with van der Waals surface area (Å²) in [6.07, 6.45) is 1.81. The van der Waals surface area contributed by atoms with Gasteiger partial charge in [-0.1, -0.05) is 19.4 Å². The summed E-state index contributed by atoms with van der Waals surface area (Å²) in [7, 11) is 1.65. The molecule has 0 aromatic heterocycles. The number of fused-ring (bicyclic) bond motifs is 3. The number of methoxy groups -OCH3 is 1. The molecular weight excluding hydrogens is 268 g/mol. The number of carbonyl (C=O) groups is 1. The van der Waals surface area contributed by atoms with E-state index in [2.05, 4.69) is 19.2 Å². The lowest BCUT2D eigenvalue weighted by atomic mass is 9.90. The van der Waals surface area contributed by atoms with Crippen LogP contribution in [0, 0.1) is 0 Å². The molecule has 0 aliphatic carbocycles. The van der Waals surface area contributed by atoms with Crippen LogP contribution in [0.15, 0.2) is 18.2 Å². The molecule has 0 radical (unpaired) electrons. The molecule has 1 aromatic carbocycles. The first-order valence-corrected chi connectivity index (χ1v) is 7.54. The Bertz CT molecular complexity index is 546. The van der Waals surface area contributed by atoms with Gasteiger partial charge in [0.2, 0.25) is 0 Å². The van der Waals surface area contributed by atoms with Crippen LogP contribution in [0.5, 0.6) is 5.75 Å². The van der Waals surface area contributed by atoms with Gasteiger partial charge < -0.3 is 10.1 Å². The van der Waals surface area contributed by atoms with Gasteiger partial charge in [0, 0.05) is 6.04 Å². The van der Waals surface area contributed by atoms with Crippen LogP contribution in [-0.4, -0.2) is 30.2 Å². The van der Waals surface area contributed by atoms with Gasteiger partial charge in [-0.2, -0.15) is 0 Å². The lowest BCUT2D eigenvalue weighted by molar-refractivity contribution is -0.227. The summed E-state index contributed by atoms with van der Waals surface area (Å²) >= 11 is 0. The van der Waals surface area contributed by atoms with Gasteiger partial charge in [-0.15, -0.1) is 0 Å². The van der Waals surface area contributed by atoms with Crippen LogP contribution < -0.4 is 10.1 Å². The number of piperazine rings is 1. The van der Waals surface area contributed by atoms with Crippen molar-refractivity contribution >= 4 is 5.91 Å². The molecule has 2 aliphatic rings. The molecule has 114 valence electrons. The minimum Gasteiger partial charge on any atom is -0.497 e. The molecule has 1 saturated heterocycles. The van der Waals surface area contributed by atoms with E-state index in [-0.39, 0.29) is 24.0 Å². The van der Waals surface area contributed by atoms with Crippen molar-refractivity contribution in [3.8, 4) is 5.75 Å². The van der Waals surface area contributed by atoms with Gasteiger partial charge in [0.25, 0.3) is 5.91 Å². The summed E-state index contributed by atoms with van der Waals surface area (Å²) in [6.45, 7) is 4.61. The van der Waals surface area contributed by atoms with Crippen LogP contribution in [-0.2, 0) is 16.2 Å². The Morgan fingerprint density at radius 1 is 1.48 bits per heavy atom. The first kappa shape index (κ1) is 14.4. The second-order valence-electron chi connectivity index (χ2n) is 5.74. The van der Waals surface area contributed by atoms with E-state index in [9.17, 15) is 4.79 Å². The lowest BCUT2D eigenvalue weighted by Gasteiger charge is -2.46. The molecule has 2 aliphatic heterocycles. The third-order valence-electron chi connectivity index (χ3n) is 4.31. The number of amides is 1. The van der Waals surface area contributed by atoms with Crippen LogP contribution >= 0.6 is 0 Å². The van der Waals surface area contributed by atoms with E-state index in [0.29, 0.717) is 6.61 Å². The highest BCUT2D eigenvalue weighted by Gasteiger charge is 2.43. The zero-order chi connectivity index (χ0) is 15.0. The SMILES string of the molecule is CCCC1NC(C)C2c3ccc(OC)cc3CON2C1=O. The van der Waals surface area contributed by atoms with Crippen LogP contribution in [0.3, 0.4) is 0 Å². The second kappa shape index (κ2) is 5.66. The molecule has 1 fully saturated rings. The number of hydroxylamine groups is 2. The van der Waals surface area contributed by atoms with Crippen molar-refractivity contribution in [1.82, 2.24) is 10.4 Å². The van der Waals surface area contributed by atoms with E-state index in [0.717, 1.165) is 29.7 Å². The van der Waals surface area contributed by atoms with E-state index in [4.69, 9.17) is 9.57 Å². The molecule has 0 bridgehead atoms. The first-order chi connectivity index (χ1) is 10.2. The topological polar surface area (TPSA) is 50.8 Å². The van der Waals surface area contributed by atoms with E-state index in [1.165, 1.54) is 0 Å². The molecule has 2 heterocycles. The van der Waals surface area contributed by atoms with Crippen LogP contribution in [0.4, 0.5) is 0 Å². The van der Waals surface area contributed by atoms with Crippen LogP contribution in [0.25, 0.3) is 0 Å². The maximum absolute atomic E-state index is 12.5. The maximum atomic E-state index is 12.5. The quantitative estimate of drug-likeness (QED) is 0.927. The third kappa shape index (κ3) is 2.40. The molecule has 0 spiro atoms. The maximum Gasteiger partial charge on any atom is 0.263 e. The molecule has 1 aromatic rings. The largest absolute Gasteiger partial charge is 0.497 e. The Morgan fingerprint density at radius 2 is 2.29 bits per heavy atom. The first-order valence-electron chi connectivity index (χ1n) is 7.54. The number of nitrogens with zero attached hydrogens (tertiary/aromatic N) is 1. The van der Waals surface area contributed by atoms with Crippen molar-refractivity contribution in [3.63, 3.8) is 0 Å². The molecule has 3 unspecified atom stereocenters. The highest BCUT2D eigenvalue weighted by atomic mass is 16.7. The Kier molecular flexibility index (Phi) is 3.87. The monoisotopic (exact) mass is 290 g/mol. The van der Waals surface area contributed by atoms with Crippen molar-refractivity contribution in [3.05, 3.63) is 29.3 Å². The number of carbonyl (C=O) groups excluding carboxylic acids is 1. The smallest absolute Gasteiger partial charge is 0.263 e. The molecule has 5 heteroatoms. The van der Waals surface area contributed by atoms with E-state index in [1.54, 1.807) is 12.2 Å². The lowest BCUT2D eigenvalue weighted by Crippen LogP contribution is -2.61. The van der Waals surface area contributed by atoms with Gasteiger partial charge in [-0.3, -0.25) is 9.63 Å². The van der Waals surface area contributed by atoms with Gasteiger partial charge in [-0.25, -0.2) is 5.06 Å². The number of benzene rings is 1. The Morgan fingerprint density at radius 3 is 3.00 bits per heavy atom. The Hall–Kier alpha value is -1.59. The summed E-state index contributed by atoms with van der Waals surface area (Å²) in [4.78, 5) is 18.3. The van der Waals surface area contributed by atoms with Crippen molar-refractivity contribution in [2.24, 2.45) is 0 Å². The average Bonchev–Trinajstić information content (AvgIpc) is 2.51. The van der Waals surface area contributed by atoms with Crippen molar-refractivity contribution in [2.45, 2.75) is 51.4 Å². The number of hydrogen-bond donors (Lipinski definition) is 1. The summed E-state index contributed by atoms with van der Waals surface area (Å²) in [5, 5.41) is 5.01. The van der Waals surface area contributed by atoms with Gasteiger partial charge in [0.1, 0.15) is 18.4 Å². The average molecular weight is 290 g/mol. The second-order valence-corrected chi connectivity index (χ2v) is 5.74.